The molecule has 0 aliphatic carbocycles. The molecule has 1 heterocycles. The second-order valence-corrected chi connectivity index (χ2v) is 4.87. The molecule has 0 aromatic carbocycles. The Balaban J connectivity index is 2.49. The van der Waals surface area contributed by atoms with Crippen molar-refractivity contribution in [1.29, 1.82) is 0 Å². The maximum atomic E-state index is 11.6. The summed E-state index contributed by atoms with van der Waals surface area (Å²) in [5.41, 5.74) is -1.52. The first-order chi connectivity index (χ1) is 9.46. The van der Waals surface area contributed by atoms with Gasteiger partial charge in [-0.1, -0.05) is 0 Å². The molecule has 9 heteroatoms. The number of hydrogen-bond donors (Lipinski definition) is 5. The van der Waals surface area contributed by atoms with Crippen LogP contribution in [-0.2, 0) is 4.79 Å². The first kappa shape index (κ1) is 16.6. The molecule has 0 fully saturated rings. The number of nitrogens with one attached hydrogen (secondary N) is 2. The van der Waals surface area contributed by atoms with E-state index in [4.69, 9.17) is 19.7 Å². The Morgan fingerprint density at radius 1 is 1.20 bits per heavy atom. The molecule has 0 saturated heterocycles. The third kappa shape index (κ3) is 4.30. The highest BCUT2D eigenvalue weighted by molar-refractivity contribution is 9.10. The van der Waals surface area contributed by atoms with Crippen molar-refractivity contribution in [2.75, 3.05) is 26.4 Å². The van der Waals surface area contributed by atoms with Crippen molar-refractivity contribution in [3.8, 4) is 0 Å². The highest BCUT2D eigenvalue weighted by Crippen LogP contribution is 2.13. The fourth-order valence-corrected chi connectivity index (χ4v) is 1.60. The number of furan rings is 1. The van der Waals surface area contributed by atoms with Gasteiger partial charge in [-0.15, -0.1) is 0 Å². The van der Waals surface area contributed by atoms with Gasteiger partial charge in [-0.3, -0.25) is 9.59 Å². The molecule has 0 radical (unpaired) electrons. The van der Waals surface area contributed by atoms with Crippen molar-refractivity contribution in [3.05, 3.63) is 22.6 Å². The van der Waals surface area contributed by atoms with Crippen LogP contribution in [0, 0.1) is 0 Å². The summed E-state index contributed by atoms with van der Waals surface area (Å²) >= 11 is 3.04. The monoisotopic (exact) mass is 350 g/mol. The average Bonchev–Trinajstić information content (AvgIpc) is 2.89. The summed E-state index contributed by atoms with van der Waals surface area (Å²) in [5.74, 6) is -1.23. The van der Waals surface area contributed by atoms with Crippen LogP contribution in [0.25, 0.3) is 0 Å². The topological polar surface area (TPSA) is 132 Å². The molecule has 0 aliphatic heterocycles. The molecule has 0 aliphatic rings. The smallest absolute Gasteiger partial charge is 0.287 e. The fourth-order valence-electron chi connectivity index (χ4n) is 1.29. The second kappa shape index (κ2) is 7.39. The zero-order valence-corrected chi connectivity index (χ0v) is 12.0. The van der Waals surface area contributed by atoms with Gasteiger partial charge < -0.3 is 30.4 Å². The standard InChI is InChI=1S/C11H15BrN2O6/c12-8-2-1-7(20-8)10(19)13-3-9(18)14-11(4-15,5-16)6-17/h1-2,15-17H,3-6H2,(H,13,19)(H,14,18). The van der Waals surface area contributed by atoms with E-state index in [2.05, 4.69) is 26.6 Å². The number of carbonyl (C=O) groups is 2. The van der Waals surface area contributed by atoms with E-state index >= 15 is 0 Å². The van der Waals surface area contributed by atoms with E-state index in [9.17, 15) is 9.59 Å². The molecule has 5 N–H and O–H groups in total. The minimum absolute atomic E-state index is 0.0300. The third-order valence-corrected chi connectivity index (χ3v) is 2.95. The predicted octanol–water partition coefficient (Wildman–Crippen LogP) is -1.40. The normalized spacial score (nSPS) is 11.2. The number of aliphatic hydroxyl groups excluding tert-OH is 3. The molecule has 8 nitrogen and oxygen atoms in total. The minimum atomic E-state index is -1.52. The van der Waals surface area contributed by atoms with Crippen LogP contribution in [0.15, 0.2) is 21.2 Å². The lowest BCUT2D eigenvalue weighted by Gasteiger charge is -2.28. The molecule has 2 amide bonds. The number of hydrogen-bond acceptors (Lipinski definition) is 6. The van der Waals surface area contributed by atoms with Gasteiger partial charge in [0.2, 0.25) is 5.91 Å². The SMILES string of the molecule is O=C(CNC(=O)c1ccc(Br)o1)NC(CO)(CO)CO. The second-order valence-electron chi connectivity index (χ2n) is 4.09. The van der Waals surface area contributed by atoms with Gasteiger partial charge in [0.15, 0.2) is 10.4 Å². The molecule has 0 saturated carbocycles. The molecular formula is C11H15BrN2O6. The lowest BCUT2D eigenvalue weighted by molar-refractivity contribution is -0.124. The fraction of sp³-hybridized carbons (Fsp3) is 0.455. The Hall–Kier alpha value is -1.42. The summed E-state index contributed by atoms with van der Waals surface area (Å²) in [7, 11) is 0. The lowest BCUT2D eigenvalue weighted by atomic mass is 10.0. The zero-order valence-electron chi connectivity index (χ0n) is 10.4. The van der Waals surface area contributed by atoms with Crippen molar-refractivity contribution in [2.45, 2.75) is 5.54 Å². The summed E-state index contributed by atoms with van der Waals surface area (Å²) in [4.78, 5) is 23.2. The Morgan fingerprint density at radius 3 is 2.25 bits per heavy atom. The number of amides is 2. The van der Waals surface area contributed by atoms with Crippen LogP contribution < -0.4 is 10.6 Å². The van der Waals surface area contributed by atoms with Crippen LogP contribution >= 0.6 is 15.9 Å². The van der Waals surface area contributed by atoms with Gasteiger partial charge in [-0.05, 0) is 28.1 Å². The molecule has 1 aromatic rings. The first-order valence-corrected chi connectivity index (χ1v) is 6.43. The summed E-state index contributed by atoms with van der Waals surface area (Å²) in [6, 6.07) is 2.96. The summed E-state index contributed by atoms with van der Waals surface area (Å²) in [6.07, 6.45) is 0. The third-order valence-electron chi connectivity index (χ3n) is 2.52. The van der Waals surface area contributed by atoms with Crippen molar-refractivity contribution < 1.29 is 29.3 Å². The van der Waals surface area contributed by atoms with E-state index in [0.717, 1.165) is 0 Å². The summed E-state index contributed by atoms with van der Waals surface area (Å²) < 4.78 is 5.38. The van der Waals surface area contributed by atoms with Crippen LogP contribution in [0.2, 0.25) is 0 Å². The van der Waals surface area contributed by atoms with E-state index < -0.39 is 37.2 Å². The molecule has 0 bridgehead atoms. The van der Waals surface area contributed by atoms with E-state index in [1.165, 1.54) is 12.1 Å². The molecule has 0 spiro atoms. The van der Waals surface area contributed by atoms with Gasteiger partial charge in [0.25, 0.3) is 5.91 Å². The maximum absolute atomic E-state index is 11.6. The van der Waals surface area contributed by atoms with Crippen LogP contribution in [-0.4, -0.2) is 59.0 Å². The minimum Gasteiger partial charge on any atom is -0.444 e. The Bertz CT molecular complexity index is 463. The average molecular weight is 351 g/mol. The quantitative estimate of drug-likeness (QED) is 0.411. The summed E-state index contributed by atoms with van der Waals surface area (Å²) in [6.45, 7) is -2.29. The lowest BCUT2D eigenvalue weighted by Crippen LogP contribution is -2.58. The van der Waals surface area contributed by atoms with E-state index in [1.54, 1.807) is 0 Å². The zero-order chi connectivity index (χ0) is 15.2. The van der Waals surface area contributed by atoms with Crippen LogP contribution in [0.3, 0.4) is 0 Å². The molecule has 20 heavy (non-hydrogen) atoms. The van der Waals surface area contributed by atoms with Crippen molar-refractivity contribution in [2.24, 2.45) is 0 Å². The Kier molecular flexibility index (Phi) is 6.14. The molecule has 1 rings (SSSR count). The first-order valence-electron chi connectivity index (χ1n) is 5.63. The number of halogens is 1. The van der Waals surface area contributed by atoms with Gasteiger partial charge >= 0.3 is 0 Å². The van der Waals surface area contributed by atoms with Crippen LogP contribution in [0.1, 0.15) is 10.6 Å². The van der Waals surface area contributed by atoms with Crippen molar-refractivity contribution in [3.63, 3.8) is 0 Å². The molecule has 0 unspecified atom stereocenters. The van der Waals surface area contributed by atoms with E-state index in [0.29, 0.717) is 4.67 Å². The summed E-state index contributed by atoms with van der Waals surface area (Å²) in [5, 5.41) is 31.7. The van der Waals surface area contributed by atoms with E-state index in [1.807, 2.05) is 0 Å². The number of rotatable bonds is 7. The van der Waals surface area contributed by atoms with Crippen molar-refractivity contribution in [1.82, 2.24) is 10.6 Å². The highest BCUT2D eigenvalue weighted by atomic mass is 79.9. The maximum Gasteiger partial charge on any atom is 0.287 e. The van der Waals surface area contributed by atoms with E-state index in [-0.39, 0.29) is 12.3 Å². The molecule has 0 atom stereocenters. The van der Waals surface area contributed by atoms with Crippen LogP contribution in [0.4, 0.5) is 0 Å². The number of carbonyl (C=O) groups excluding carboxylic acids is 2. The van der Waals surface area contributed by atoms with Crippen LogP contribution in [0.5, 0.6) is 0 Å². The van der Waals surface area contributed by atoms with Gasteiger partial charge in [0, 0.05) is 0 Å². The highest BCUT2D eigenvalue weighted by Gasteiger charge is 2.29. The Labute approximate surface area is 122 Å². The Morgan fingerprint density at radius 2 is 1.80 bits per heavy atom. The van der Waals surface area contributed by atoms with Gasteiger partial charge in [-0.25, -0.2) is 0 Å². The van der Waals surface area contributed by atoms with Gasteiger partial charge in [0.05, 0.1) is 26.4 Å². The predicted molar refractivity (Wildman–Crippen MR) is 70.9 cm³/mol. The van der Waals surface area contributed by atoms with Gasteiger partial charge in [0.1, 0.15) is 5.54 Å². The molecular weight excluding hydrogens is 336 g/mol. The van der Waals surface area contributed by atoms with Gasteiger partial charge in [-0.2, -0.15) is 0 Å². The molecule has 112 valence electrons. The van der Waals surface area contributed by atoms with Crippen molar-refractivity contribution >= 4 is 27.7 Å². The largest absolute Gasteiger partial charge is 0.444 e. The molecule has 1 aromatic heterocycles. The number of aliphatic hydroxyl groups is 3.